The van der Waals surface area contributed by atoms with Crippen LogP contribution in [0.15, 0.2) is 18.2 Å². The third-order valence-corrected chi connectivity index (χ3v) is 4.15. The number of rotatable bonds is 4. The van der Waals surface area contributed by atoms with Gasteiger partial charge in [0, 0.05) is 44.7 Å². The van der Waals surface area contributed by atoms with Crippen LogP contribution in [0.1, 0.15) is 37.0 Å². The summed E-state index contributed by atoms with van der Waals surface area (Å²) in [7, 11) is 0. The van der Waals surface area contributed by atoms with Crippen LogP contribution in [0.3, 0.4) is 0 Å². The van der Waals surface area contributed by atoms with Crippen LogP contribution in [0.4, 0.5) is 4.39 Å². The van der Waals surface area contributed by atoms with Crippen molar-refractivity contribution in [3.8, 4) is 6.07 Å². The maximum atomic E-state index is 14.0. The van der Waals surface area contributed by atoms with Crippen LogP contribution in [-0.2, 0) is 17.2 Å². The summed E-state index contributed by atoms with van der Waals surface area (Å²) < 4.78 is 14.0. The molecule has 0 bridgehead atoms. The van der Waals surface area contributed by atoms with Gasteiger partial charge in [0.1, 0.15) is 0 Å². The van der Waals surface area contributed by atoms with Crippen LogP contribution >= 0.6 is 0 Å². The van der Waals surface area contributed by atoms with E-state index in [1.165, 1.54) is 12.1 Å². The Kier molecular flexibility index (Phi) is 5.34. The van der Waals surface area contributed by atoms with Crippen LogP contribution in [-0.4, -0.2) is 47.0 Å². The Labute approximate surface area is 135 Å². The van der Waals surface area contributed by atoms with Crippen molar-refractivity contribution in [2.24, 2.45) is 0 Å². The van der Waals surface area contributed by atoms with Crippen molar-refractivity contribution in [3.05, 3.63) is 34.9 Å². The van der Waals surface area contributed by atoms with Crippen LogP contribution in [0.25, 0.3) is 0 Å². The maximum absolute atomic E-state index is 14.0. The molecule has 0 radical (unpaired) electrons. The highest BCUT2D eigenvalue weighted by Crippen LogP contribution is 2.27. The first-order valence-electron chi connectivity index (χ1n) is 7.80. The van der Waals surface area contributed by atoms with Gasteiger partial charge in [-0.25, -0.2) is 4.39 Å². The average molecular weight is 319 g/mol. The lowest BCUT2D eigenvalue weighted by Crippen LogP contribution is -2.48. The number of carbonyl (C=O) groups is 1. The minimum atomic E-state index is -2.44. The quantitative estimate of drug-likeness (QED) is 0.918. The van der Waals surface area contributed by atoms with Gasteiger partial charge in [0.05, 0.1) is 11.6 Å². The highest BCUT2D eigenvalue weighted by molar-refractivity contribution is 5.75. The molecule has 2 rings (SSSR count). The van der Waals surface area contributed by atoms with E-state index in [9.17, 15) is 14.3 Å². The molecule has 1 saturated heterocycles. The number of piperazine rings is 1. The Hall–Kier alpha value is -1.97. The summed E-state index contributed by atoms with van der Waals surface area (Å²) in [5.74, 6) is -2.30. The maximum Gasteiger partial charge on any atom is 0.230 e. The summed E-state index contributed by atoms with van der Waals surface area (Å²) in [5, 5.41) is 18.7. The molecule has 5 nitrogen and oxygen atoms in total. The molecule has 0 spiro atoms. The van der Waals surface area contributed by atoms with Gasteiger partial charge in [0.15, 0.2) is 0 Å². The fraction of sp³-hybridized carbons (Fsp3) is 0.529. The molecule has 0 saturated carbocycles. The highest BCUT2D eigenvalue weighted by atomic mass is 19.2. The number of halogens is 1. The normalized spacial score (nSPS) is 18.3. The minimum Gasteiger partial charge on any atom is -0.358 e. The van der Waals surface area contributed by atoms with Gasteiger partial charge in [-0.3, -0.25) is 9.69 Å². The molecule has 1 atom stereocenters. The van der Waals surface area contributed by atoms with E-state index in [1.807, 2.05) is 17.9 Å². The molecule has 1 aromatic rings. The number of nitriles is 1. The van der Waals surface area contributed by atoms with Crippen LogP contribution in [0.5, 0.6) is 0 Å². The molecule has 1 N–H and O–H groups in total. The zero-order valence-electron chi connectivity index (χ0n) is 13.5. The Morgan fingerprint density at radius 1 is 1.39 bits per heavy atom. The van der Waals surface area contributed by atoms with E-state index >= 15 is 0 Å². The summed E-state index contributed by atoms with van der Waals surface area (Å²) in [6.45, 7) is 6.05. The number of alkyl halides is 1. The summed E-state index contributed by atoms with van der Waals surface area (Å²) >= 11 is 0. The molecule has 1 amide bonds. The Morgan fingerprint density at radius 2 is 2.04 bits per heavy atom. The van der Waals surface area contributed by atoms with Crippen molar-refractivity contribution in [3.63, 3.8) is 0 Å². The van der Waals surface area contributed by atoms with Crippen LogP contribution in [0.2, 0.25) is 0 Å². The first kappa shape index (κ1) is 17.4. The van der Waals surface area contributed by atoms with Crippen LogP contribution in [0, 0.1) is 11.3 Å². The molecule has 0 aliphatic carbocycles. The number of amides is 1. The zero-order chi connectivity index (χ0) is 17.0. The lowest BCUT2D eigenvalue weighted by Gasteiger charge is -2.35. The summed E-state index contributed by atoms with van der Waals surface area (Å²) in [6, 6.07) is 6.62. The monoisotopic (exact) mass is 319 g/mol. The number of hydrogen-bond acceptors (Lipinski definition) is 4. The average Bonchev–Trinajstić information content (AvgIpc) is 2.53. The van der Waals surface area contributed by atoms with Crippen molar-refractivity contribution in [2.45, 2.75) is 32.7 Å². The molecule has 1 aliphatic rings. The second-order valence-corrected chi connectivity index (χ2v) is 5.95. The number of hydrogen-bond donors (Lipinski definition) is 1. The zero-order valence-corrected chi connectivity index (χ0v) is 13.5. The van der Waals surface area contributed by atoms with Crippen molar-refractivity contribution in [1.82, 2.24) is 9.80 Å². The van der Waals surface area contributed by atoms with E-state index in [2.05, 4.69) is 4.90 Å². The van der Waals surface area contributed by atoms with Crippen molar-refractivity contribution in [2.75, 3.05) is 26.2 Å². The Morgan fingerprint density at radius 3 is 2.57 bits per heavy atom. The number of benzene rings is 1. The minimum absolute atomic E-state index is 0.142. The Balaban J connectivity index is 2.11. The van der Waals surface area contributed by atoms with E-state index in [4.69, 9.17) is 5.26 Å². The van der Waals surface area contributed by atoms with Gasteiger partial charge < -0.3 is 10.0 Å². The van der Waals surface area contributed by atoms with Gasteiger partial charge in [-0.1, -0.05) is 13.0 Å². The van der Waals surface area contributed by atoms with Crippen LogP contribution < -0.4 is 0 Å². The van der Waals surface area contributed by atoms with Gasteiger partial charge in [-0.15, -0.1) is 0 Å². The topological polar surface area (TPSA) is 67.6 Å². The van der Waals surface area contributed by atoms with Crippen molar-refractivity contribution in [1.29, 1.82) is 5.26 Å². The van der Waals surface area contributed by atoms with E-state index < -0.39 is 5.85 Å². The van der Waals surface area contributed by atoms with Crippen molar-refractivity contribution < 1.29 is 14.3 Å². The van der Waals surface area contributed by atoms with E-state index in [1.54, 1.807) is 6.07 Å². The largest absolute Gasteiger partial charge is 0.358 e. The van der Waals surface area contributed by atoms with Gasteiger partial charge >= 0.3 is 0 Å². The lowest BCUT2D eigenvalue weighted by molar-refractivity contribution is -0.132. The molecule has 1 heterocycles. The van der Waals surface area contributed by atoms with Crippen molar-refractivity contribution >= 4 is 5.91 Å². The third kappa shape index (κ3) is 4.27. The molecule has 1 unspecified atom stereocenters. The fourth-order valence-corrected chi connectivity index (χ4v) is 2.86. The first-order chi connectivity index (χ1) is 10.8. The summed E-state index contributed by atoms with van der Waals surface area (Å²) in [5.41, 5.74) is 1.23. The highest BCUT2D eigenvalue weighted by Gasteiger charge is 2.27. The molecular formula is C17H22FN3O2. The second kappa shape index (κ2) is 7.07. The predicted octanol–water partition coefficient (Wildman–Crippen LogP) is 1.75. The third-order valence-electron chi connectivity index (χ3n) is 4.15. The standard InChI is InChI=1S/C17H22FN3O2/c1-3-16(22)21-8-6-20(7-9-21)12-14-10-13(11-19)4-5-15(14)17(2,18)23/h4-5,10,23H,3,6-9,12H2,1-2H3. The summed E-state index contributed by atoms with van der Waals surface area (Å²) in [4.78, 5) is 15.6. The molecule has 6 heteroatoms. The molecule has 23 heavy (non-hydrogen) atoms. The number of carbonyl (C=O) groups excluding carboxylic acids is 1. The molecule has 1 aromatic carbocycles. The summed E-state index contributed by atoms with van der Waals surface area (Å²) in [6.07, 6.45) is 0.499. The molecular weight excluding hydrogens is 297 g/mol. The SMILES string of the molecule is CCC(=O)N1CCN(Cc2cc(C#N)ccc2C(C)(O)F)CC1. The smallest absolute Gasteiger partial charge is 0.230 e. The fourth-order valence-electron chi connectivity index (χ4n) is 2.86. The second-order valence-electron chi connectivity index (χ2n) is 5.95. The molecule has 0 aromatic heterocycles. The van der Waals surface area contributed by atoms with Gasteiger partial charge in [0.2, 0.25) is 11.8 Å². The lowest BCUT2D eigenvalue weighted by atomic mass is 9.98. The Bertz CT molecular complexity index is 611. The number of aliphatic hydroxyl groups is 1. The van der Waals surface area contributed by atoms with E-state index in [0.717, 1.165) is 6.92 Å². The van der Waals surface area contributed by atoms with Gasteiger partial charge in [-0.2, -0.15) is 5.26 Å². The molecule has 1 aliphatic heterocycles. The predicted molar refractivity (Wildman–Crippen MR) is 84.0 cm³/mol. The van der Waals surface area contributed by atoms with E-state index in [-0.39, 0.29) is 11.5 Å². The molecule has 124 valence electrons. The van der Waals surface area contributed by atoms with E-state index in [0.29, 0.717) is 50.3 Å². The number of nitrogens with zero attached hydrogens (tertiary/aromatic N) is 3. The van der Waals surface area contributed by atoms with Gasteiger partial charge in [0.25, 0.3) is 0 Å². The van der Waals surface area contributed by atoms with Gasteiger partial charge in [-0.05, 0) is 24.6 Å². The molecule has 1 fully saturated rings. The first-order valence-corrected chi connectivity index (χ1v) is 7.80.